The lowest BCUT2D eigenvalue weighted by molar-refractivity contribution is 0.269. The van der Waals surface area contributed by atoms with E-state index >= 15 is 0 Å². The second kappa shape index (κ2) is 10.3. The number of fused-ring (bicyclic) bond motifs is 1. The van der Waals surface area contributed by atoms with Crippen molar-refractivity contribution in [3.8, 4) is 5.75 Å². The second-order valence-corrected chi connectivity index (χ2v) is 5.94. The number of guanidine groups is 1. The first-order valence-corrected chi connectivity index (χ1v) is 8.71. The lowest BCUT2D eigenvalue weighted by Gasteiger charge is -2.25. The maximum atomic E-state index is 5.73. The quantitative estimate of drug-likeness (QED) is 0.401. The van der Waals surface area contributed by atoms with Gasteiger partial charge in [0.05, 0.1) is 6.61 Å². The summed E-state index contributed by atoms with van der Waals surface area (Å²) in [6.07, 6.45) is 5.17. The van der Waals surface area contributed by atoms with Gasteiger partial charge in [-0.3, -0.25) is 4.99 Å². The molecule has 0 radical (unpaired) electrons. The fraction of sp³-hybridized carbons (Fsp3) is 0.421. The molecule has 0 aliphatic carbocycles. The Bertz CT molecular complexity index is 657. The molecule has 3 rings (SSSR count). The third-order valence-corrected chi connectivity index (χ3v) is 4.23. The average molecular weight is 454 g/mol. The van der Waals surface area contributed by atoms with Crippen LogP contribution in [0.2, 0.25) is 0 Å². The molecule has 2 N–H and O–H groups in total. The molecule has 25 heavy (non-hydrogen) atoms. The number of hydrogen-bond acceptors (Lipinski definition) is 2. The SMILES string of the molecule is CCNC(=NCC1CCOc2ccccc21)NCCn1cccc1.I. The van der Waals surface area contributed by atoms with E-state index < -0.39 is 0 Å². The topological polar surface area (TPSA) is 50.6 Å². The van der Waals surface area contributed by atoms with Gasteiger partial charge in [0.2, 0.25) is 0 Å². The van der Waals surface area contributed by atoms with Crippen molar-refractivity contribution in [1.29, 1.82) is 0 Å². The molecule has 5 nitrogen and oxygen atoms in total. The third-order valence-electron chi connectivity index (χ3n) is 4.23. The van der Waals surface area contributed by atoms with Crippen LogP contribution in [-0.4, -0.2) is 36.8 Å². The van der Waals surface area contributed by atoms with Crippen LogP contribution < -0.4 is 15.4 Å². The van der Waals surface area contributed by atoms with Crippen LogP contribution in [0.4, 0.5) is 0 Å². The number of aromatic nitrogens is 1. The first kappa shape index (κ1) is 19.6. The van der Waals surface area contributed by atoms with Crippen LogP contribution in [0.1, 0.15) is 24.8 Å². The summed E-state index contributed by atoms with van der Waals surface area (Å²) in [5.74, 6) is 2.32. The number of aliphatic imine (C=N–C) groups is 1. The van der Waals surface area contributed by atoms with Gasteiger partial charge >= 0.3 is 0 Å². The van der Waals surface area contributed by atoms with Crippen LogP contribution in [0.3, 0.4) is 0 Å². The number of hydrogen-bond donors (Lipinski definition) is 2. The van der Waals surface area contributed by atoms with Crippen LogP contribution in [0.15, 0.2) is 53.8 Å². The monoisotopic (exact) mass is 454 g/mol. The van der Waals surface area contributed by atoms with E-state index in [2.05, 4.69) is 46.7 Å². The first-order chi connectivity index (χ1) is 11.9. The second-order valence-electron chi connectivity index (χ2n) is 5.94. The van der Waals surface area contributed by atoms with E-state index in [0.717, 1.165) is 50.9 Å². The Morgan fingerprint density at radius 2 is 2.00 bits per heavy atom. The molecule has 0 saturated carbocycles. The number of nitrogens with zero attached hydrogens (tertiary/aromatic N) is 2. The average Bonchev–Trinajstić information content (AvgIpc) is 3.13. The number of ether oxygens (including phenoxy) is 1. The Morgan fingerprint density at radius 1 is 1.20 bits per heavy atom. The van der Waals surface area contributed by atoms with Crippen molar-refractivity contribution in [2.45, 2.75) is 25.8 Å². The fourth-order valence-electron chi connectivity index (χ4n) is 2.97. The largest absolute Gasteiger partial charge is 0.493 e. The Hall–Kier alpha value is -1.70. The summed E-state index contributed by atoms with van der Waals surface area (Å²) in [6.45, 7) is 6.28. The van der Waals surface area contributed by atoms with Crippen molar-refractivity contribution in [3.05, 3.63) is 54.4 Å². The van der Waals surface area contributed by atoms with Gasteiger partial charge in [-0.25, -0.2) is 0 Å². The van der Waals surface area contributed by atoms with Gasteiger partial charge in [-0.2, -0.15) is 0 Å². The normalized spacial score (nSPS) is 16.4. The van der Waals surface area contributed by atoms with E-state index in [9.17, 15) is 0 Å². The third kappa shape index (κ3) is 5.66. The van der Waals surface area contributed by atoms with Crippen LogP contribution in [-0.2, 0) is 6.54 Å². The van der Waals surface area contributed by atoms with Crippen LogP contribution in [0.5, 0.6) is 5.75 Å². The van der Waals surface area contributed by atoms with Gasteiger partial charge in [-0.15, -0.1) is 24.0 Å². The van der Waals surface area contributed by atoms with Crippen molar-refractivity contribution in [1.82, 2.24) is 15.2 Å². The molecular weight excluding hydrogens is 427 g/mol. The molecule has 1 aromatic heterocycles. The van der Waals surface area contributed by atoms with Gasteiger partial charge in [0.1, 0.15) is 5.75 Å². The molecule has 0 amide bonds. The van der Waals surface area contributed by atoms with Gasteiger partial charge in [-0.05, 0) is 37.1 Å². The van der Waals surface area contributed by atoms with Gasteiger partial charge in [0.25, 0.3) is 0 Å². The summed E-state index contributed by atoms with van der Waals surface area (Å²) in [5.41, 5.74) is 1.27. The molecule has 136 valence electrons. The zero-order valence-electron chi connectivity index (χ0n) is 14.6. The number of para-hydroxylation sites is 1. The van der Waals surface area contributed by atoms with Crippen LogP contribution >= 0.6 is 24.0 Å². The molecule has 1 aliphatic heterocycles. The highest BCUT2D eigenvalue weighted by molar-refractivity contribution is 14.0. The van der Waals surface area contributed by atoms with Gasteiger partial charge < -0.3 is 19.9 Å². The molecule has 1 unspecified atom stereocenters. The zero-order valence-corrected chi connectivity index (χ0v) is 17.0. The highest BCUT2D eigenvalue weighted by atomic mass is 127. The van der Waals surface area contributed by atoms with Crippen molar-refractivity contribution < 1.29 is 4.74 Å². The maximum Gasteiger partial charge on any atom is 0.191 e. The minimum Gasteiger partial charge on any atom is -0.493 e. The van der Waals surface area contributed by atoms with Gasteiger partial charge in [0.15, 0.2) is 5.96 Å². The standard InChI is InChI=1S/C19H26N4O.HI/c1-2-20-19(21-10-13-23-11-5-6-12-23)22-15-16-9-14-24-18-8-4-3-7-17(16)18;/h3-8,11-12,16H,2,9-10,13-15H2,1H3,(H2,20,21,22);1H. The molecule has 0 fully saturated rings. The molecule has 2 aromatic rings. The number of rotatable bonds is 6. The summed E-state index contributed by atoms with van der Waals surface area (Å²) in [7, 11) is 0. The maximum absolute atomic E-state index is 5.73. The highest BCUT2D eigenvalue weighted by Gasteiger charge is 2.20. The van der Waals surface area contributed by atoms with E-state index in [1.54, 1.807) is 0 Å². The summed E-state index contributed by atoms with van der Waals surface area (Å²) in [5, 5.41) is 6.73. The van der Waals surface area contributed by atoms with E-state index in [1.165, 1.54) is 5.56 Å². The highest BCUT2D eigenvalue weighted by Crippen LogP contribution is 2.33. The van der Waals surface area contributed by atoms with E-state index in [0.29, 0.717) is 5.92 Å². The fourth-order valence-corrected chi connectivity index (χ4v) is 2.97. The molecule has 1 aliphatic rings. The van der Waals surface area contributed by atoms with E-state index in [4.69, 9.17) is 9.73 Å². The molecule has 6 heteroatoms. The molecule has 0 bridgehead atoms. The Morgan fingerprint density at radius 3 is 2.80 bits per heavy atom. The number of nitrogens with one attached hydrogen (secondary N) is 2. The molecule has 1 atom stereocenters. The Labute approximate surface area is 166 Å². The van der Waals surface area contributed by atoms with Crippen molar-refractivity contribution >= 4 is 29.9 Å². The predicted octanol–water partition coefficient (Wildman–Crippen LogP) is 3.23. The molecule has 2 heterocycles. The summed E-state index contributed by atoms with van der Waals surface area (Å²) in [4.78, 5) is 4.78. The van der Waals surface area contributed by atoms with Crippen molar-refractivity contribution in [3.63, 3.8) is 0 Å². The summed E-state index contributed by atoms with van der Waals surface area (Å²) < 4.78 is 7.89. The van der Waals surface area contributed by atoms with Crippen LogP contribution in [0.25, 0.3) is 0 Å². The number of benzene rings is 1. The smallest absolute Gasteiger partial charge is 0.191 e. The van der Waals surface area contributed by atoms with E-state index in [1.807, 2.05) is 24.3 Å². The van der Waals surface area contributed by atoms with Gasteiger partial charge in [0, 0.05) is 44.5 Å². The number of halogens is 1. The predicted molar refractivity (Wildman–Crippen MR) is 113 cm³/mol. The zero-order chi connectivity index (χ0) is 16.6. The summed E-state index contributed by atoms with van der Waals surface area (Å²) in [6, 6.07) is 12.4. The Kier molecular flexibility index (Phi) is 8.11. The lowest BCUT2D eigenvalue weighted by Crippen LogP contribution is -2.39. The van der Waals surface area contributed by atoms with Gasteiger partial charge in [-0.1, -0.05) is 18.2 Å². The van der Waals surface area contributed by atoms with E-state index in [-0.39, 0.29) is 24.0 Å². The Balaban J connectivity index is 0.00000225. The van der Waals surface area contributed by atoms with Crippen molar-refractivity contribution in [2.24, 2.45) is 4.99 Å². The first-order valence-electron chi connectivity index (χ1n) is 8.71. The lowest BCUT2D eigenvalue weighted by atomic mass is 9.93. The summed E-state index contributed by atoms with van der Waals surface area (Å²) >= 11 is 0. The minimum atomic E-state index is 0. The van der Waals surface area contributed by atoms with Crippen LogP contribution in [0, 0.1) is 0 Å². The molecule has 1 aromatic carbocycles. The van der Waals surface area contributed by atoms with Crippen molar-refractivity contribution in [2.75, 3.05) is 26.2 Å². The minimum absolute atomic E-state index is 0. The molecule has 0 saturated heterocycles. The molecule has 0 spiro atoms. The molecular formula is C19H27IN4O.